The van der Waals surface area contributed by atoms with E-state index < -0.39 is 6.16 Å². The van der Waals surface area contributed by atoms with Gasteiger partial charge in [0.2, 0.25) is 11.7 Å². The minimum absolute atomic E-state index is 0.0329. The van der Waals surface area contributed by atoms with E-state index in [-0.39, 0.29) is 29.4 Å². The molecule has 2 aromatic heterocycles. The molecule has 0 atom stereocenters. The Kier molecular flexibility index (Phi) is 7.39. The molecule has 0 radical (unpaired) electrons. The Labute approximate surface area is 204 Å². The zero-order valence-corrected chi connectivity index (χ0v) is 20.3. The van der Waals surface area contributed by atoms with Crippen molar-refractivity contribution in [1.82, 2.24) is 9.78 Å². The molecule has 1 aliphatic carbocycles. The van der Waals surface area contributed by atoms with Gasteiger partial charge in [-0.15, -0.1) is 5.10 Å². The number of rotatable bonds is 7. The van der Waals surface area contributed by atoms with Crippen LogP contribution in [-0.4, -0.2) is 33.0 Å². The van der Waals surface area contributed by atoms with E-state index in [0.717, 1.165) is 37.0 Å². The van der Waals surface area contributed by atoms with Gasteiger partial charge < -0.3 is 14.3 Å². The fraction of sp³-hybridized carbons (Fsp3) is 0.370. The molecule has 1 aromatic carbocycles. The van der Waals surface area contributed by atoms with Crippen LogP contribution >= 0.6 is 0 Å². The normalized spacial score (nSPS) is 18.2. The standard InChI is InChI=1S/C27H31N3O5/c1-18(2)30(26(31)21-11-6-19(3)7-12-21)25-24(35-27(32)33)17-29(28-25)22-13-8-20(9-14-22)10-15-23-5-4-16-34-23/h4-5,8-10,13-19,21H,6-7,11-12H2,1-3H3,(H,32,33)/b15-10+/t19-,21-. The summed E-state index contributed by atoms with van der Waals surface area (Å²) in [5.41, 5.74) is 1.68. The average molecular weight is 478 g/mol. The van der Waals surface area contributed by atoms with Crippen LogP contribution in [0.2, 0.25) is 0 Å². The van der Waals surface area contributed by atoms with Crippen molar-refractivity contribution < 1.29 is 23.8 Å². The van der Waals surface area contributed by atoms with E-state index in [1.165, 1.54) is 6.20 Å². The summed E-state index contributed by atoms with van der Waals surface area (Å²) in [5.74, 6) is 1.49. The Balaban J connectivity index is 1.62. The zero-order valence-electron chi connectivity index (χ0n) is 20.3. The molecule has 35 heavy (non-hydrogen) atoms. The van der Waals surface area contributed by atoms with Gasteiger partial charge in [0.25, 0.3) is 0 Å². The third-order valence-electron chi connectivity index (χ3n) is 6.35. The maximum absolute atomic E-state index is 13.5. The Morgan fingerprint density at radius 1 is 1.14 bits per heavy atom. The van der Waals surface area contributed by atoms with E-state index in [0.29, 0.717) is 11.6 Å². The first-order chi connectivity index (χ1) is 16.8. The molecule has 0 spiro atoms. The van der Waals surface area contributed by atoms with Gasteiger partial charge in [0, 0.05) is 12.0 Å². The molecular weight excluding hydrogens is 446 g/mol. The van der Waals surface area contributed by atoms with Crippen molar-refractivity contribution in [1.29, 1.82) is 0 Å². The van der Waals surface area contributed by atoms with E-state index in [1.807, 2.05) is 62.4 Å². The number of anilines is 1. The molecule has 0 unspecified atom stereocenters. The molecule has 1 amide bonds. The van der Waals surface area contributed by atoms with E-state index >= 15 is 0 Å². The molecule has 2 heterocycles. The molecule has 1 saturated carbocycles. The highest BCUT2D eigenvalue weighted by atomic mass is 16.7. The van der Waals surface area contributed by atoms with Gasteiger partial charge in [0.1, 0.15) is 5.76 Å². The van der Waals surface area contributed by atoms with Gasteiger partial charge in [-0.1, -0.05) is 25.1 Å². The number of ether oxygens (including phenoxy) is 1. The third-order valence-corrected chi connectivity index (χ3v) is 6.35. The summed E-state index contributed by atoms with van der Waals surface area (Å²) in [6.45, 7) is 6.00. The molecule has 1 fully saturated rings. The SMILES string of the molecule is CC(C)N(c1nn(-c2ccc(/C=C/c3ccco3)cc2)cc1OC(=O)O)C(=O)[C@H]1CC[C@H](C)CC1. The van der Waals surface area contributed by atoms with Crippen LogP contribution in [-0.2, 0) is 4.79 Å². The van der Waals surface area contributed by atoms with E-state index in [2.05, 4.69) is 12.0 Å². The molecule has 3 aromatic rings. The molecule has 1 N–H and O–H groups in total. The summed E-state index contributed by atoms with van der Waals surface area (Å²) in [7, 11) is 0. The van der Waals surface area contributed by atoms with Gasteiger partial charge in [0.05, 0.1) is 18.1 Å². The molecule has 184 valence electrons. The van der Waals surface area contributed by atoms with Gasteiger partial charge in [0.15, 0.2) is 5.75 Å². The van der Waals surface area contributed by atoms with Crippen LogP contribution in [0.5, 0.6) is 5.75 Å². The van der Waals surface area contributed by atoms with E-state index in [4.69, 9.17) is 9.15 Å². The Morgan fingerprint density at radius 2 is 1.86 bits per heavy atom. The van der Waals surface area contributed by atoms with Gasteiger partial charge in [-0.2, -0.15) is 0 Å². The fourth-order valence-electron chi connectivity index (χ4n) is 4.42. The summed E-state index contributed by atoms with van der Waals surface area (Å²) >= 11 is 0. The third kappa shape index (κ3) is 5.82. The van der Waals surface area contributed by atoms with Gasteiger partial charge in [-0.25, -0.2) is 9.48 Å². The first kappa shape index (κ1) is 24.3. The molecule has 0 saturated heterocycles. The number of amides is 1. The van der Waals surface area contributed by atoms with Crippen molar-refractivity contribution in [2.24, 2.45) is 11.8 Å². The number of nitrogens with zero attached hydrogens (tertiary/aromatic N) is 3. The Hall–Kier alpha value is -3.81. The smallest absolute Gasteiger partial charge is 0.465 e. The number of benzene rings is 1. The minimum atomic E-state index is -1.45. The number of aromatic nitrogens is 2. The predicted molar refractivity (Wildman–Crippen MR) is 134 cm³/mol. The lowest BCUT2D eigenvalue weighted by Gasteiger charge is -2.32. The lowest BCUT2D eigenvalue weighted by molar-refractivity contribution is -0.124. The monoisotopic (exact) mass is 477 g/mol. The predicted octanol–water partition coefficient (Wildman–Crippen LogP) is 6.26. The molecule has 4 rings (SSSR count). The van der Waals surface area contributed by atoms with Crippen LogP contribution in [0.1, 0.15) is 57.8 Å². The zero-order chi connectivity index (χ0) is 24.9. The van der Waals surface area contributed by atoms with Gasteiger partial charge in [-0.05, 0) is 81.4 Å². The van der Waals surface area contributed by atoms with Crippen LogP contribution < -0.4 is 9.64 Å². The molecule has 0 aliphatic heterocycles. The number of hydrogen-bond donors (Lipinski definition) is 1. The van der Waals surface area contributed by atoms with Crippen LogP contribution in [0, 0.1) is 11.8 Å². The first-order valence-corrected chi connectivity index (χ1v) is 12.0. The summed E-state index contributed by atoms with van der Waals surface area (Å²) in [4.78, 5) is 26.5. The van der Waals surface area contributed by atoms with Crippen molar-refractivity contribution >= 4 is 30.0 Å². The first-order valence-electron chi connectivity index (χ1n) is 12.0. The van der Waals surface area contributed by atoms with Gasteiger partial charge in [-0.3, -0.25) is 9.69 Å². The van der Waals surface area contributed by atoms with Gasteiger partial charge >= 0.3 is 6.16 Å². The van der Waals surface area contributed by atoms with Crippen LogP contribution in [0.3, 0.4) is 0 Å². The Bertz CT molecular complexity index is 1170. The summed E-state index contributed by atoms with van der Waals surface area (Å²) in [5, 5.41) is 13.9. The molecule has 8 nitrogen and oxygen atoms in total. The minimum Gasteiger partial charge on any atom is -0.465 e. The number of hydrogen-bond acceptors (Lipinski definition) is 5. The maximum Gasteiger partial charge on any atom is 0.511 e. The molecule has 0 bridgehead atoms. The summed E-state index contributed by atoms with van der Waals surface area (Å²) in [6, 6.07) is 11.1. The second kappa shape index (κ2) is 10.6. The molecular formula is C27H31N3O5. The van der Waals surface area contributed by atoms with Crippen molar-refractivity contribution in [2.75, 3.05) is 4.90 Å². The number of furan rings is 1. The van der Waals surface area contributed by atoms with Crippen LogP contribution in [0.4, 0.5) is 10.6 Å². The Morgan fingerprint density at radius 3 is 2.46 bits per heavy atom. The maximum atomic E-state index is 13.5. The van der Waals surface area contributed by atoms with E-state index in [1.54, 1.807) is 15.8 Å². The highest BCUT2D eigenvalue weighted by Gasteiger charge is 2.34. The van der Waals surface area contributed by atoms with Crippen molar-refractivity contribution in [2.45, 2.75) is 52.5 Å². The highest BCUT2D eigenvalue weighted by molar-refractivity contribution is 5.96. The van der Waals surface area contributed by atoms with E-state index in [9.17, 15) is 14.7 Å². The van der Waals surface area contributed by atoms with Crippen LogP contribution in [0.15, 0.2) is 53.3 Å². The average Bonchev–Trinajstić information content (AvgIpc) is 3.49. The number of carbonyl (C=O) groups excluding carboxylic acids is 1. The lowest BCUT2D eigenvalue weighted by atomic mass is 9.82. The molecule has 1 aliphatic rings. The fourth-order valence-corrected chi connectivity index (χ4v) is 4.42. The number of carbonyl (C=O) groups is 2. The topological polar surface area (TPSA) is 97.8 Å². The summed E-state index contributed by atoms with van der Waals surface area (Å²) < 4.78 is 11.9. The van der Waals surface area contributed by atoms with Crippen LogP contribution in [0.25, 0.3) is 17.8 Å². The highest BCUT2D eigenvalue weighted by Crippen LogP contribution is 2.35. The number of carboxylic acid groups (broad SMARTS) is 1. The van der Waals surface area contributed by atoms with Crippen molar-refractivity contribution in [3.05, 3.63) is 60.2 Å². The van der Waals surface area contributed by atoms with Crippen molar-refractivity contribution in [3.63, 3.8) is 0 Å². The second-order valence-corrected chi connectivity index (χ2v) is 9.33. The quantitative estimate of drug-likeness (QED) is 0.403. The summed E-state index contributed by atoms with van der Waals surface area (Å²) in [6.07, 6.45) is 9.15. The largest absolute Gasteiger partial charge is 0.511 e. The lowest BCUT2D eigenvalue weighted by Crippen LogP contribution is -2.42. The second-order valence-electron chi connectivity index (χ2n) is 9.33. The molecule has 8 heteroatoms. The van der Waals surface area contributed by atoms with Crippen molar-refractivity contribution in [3.8, 4) is 11.4 Å².